The minimum absolute atomic E-state index is 0.00190. The third-order valence-corrected chi connectivity index (χ3v) is 30.4. The number of nitrogens with two attached hydrogens (primary N) is 8. The van der Waals surface area contributed by atoms with E-state index in [0.29, 0.717) is 35.2 Å². The molecule has 4 saturated heterocycles. The van der Waals surface area contributed by atoms with Crippen LogP contribution in [0.2, 0.25) is 0 Å². The van der Waals surface area contributed by atoms with Crippen LogP contribution in [0.1, 0.15) is 50.6 Å². The van der Waals surface area contributed by atoms with E-state index < -0.39 is 194 Å². The zero-order chi connectivity index (χ0) is 91.0. The highest BCUT2D eigenvalue weighted by Crippen LogP contribution is 2.70. The minimum atomic E-state index is -5.67. The Balaban J connectivity index is 0.000000185. The van der Waals surface area contributed by atoms with Crippen molar-refractivity contribution in [3.8, 4) is 0 Å². The lowest BCUT2D eigenvalue weighted by Gasteiger charge is -2.19. The molecule has 8 aromatic heterocycles. The van der Waals surface area contributed by atoms with Gasteiger partial charge in [-0.3, -0.25) is 36.4 Å². The lowest BCUT2D eigenvalue weighted by Crippen LogP contribution is -2.41. The summed E-state index contributed by atoms with van der Waals surface area (Å²) in [6.07, 6.45) is -1.44. The van der Waals surface area contributed by atoms with Crippen molar-refractivity contribution in [3.05, 3.63) is 38.0 Å². The third kappa shape index (κ3) is 28.4. The van der Waals surface area contributed by atoms with Gasteiger partial charge in [0.05, 0.1) is 76.1 Å². The van der Waals surface area contributed by atoms with Gasteiger partial charge in [0, 0.05) is 18.9 Å². The lowest BCUT2D eigenvalue weighted by atomic mass is 10.1. The summed E-state index contributed by atoms with van der Waals surface area (Å²) < 4.78 is 210. The molecule has 4 fully saturated rings. The molecule has 0 radical (unpaired) electrons. The van der Waals surface area contributed by atoms with Gasteiger partial charge < -0.3 is 153 Å². The van der Waals surface area contributed by atoms with Gasteiger partial charge in [0.2, 0.25) is 11.9 Å². The molecule has 12 heterocycles. The fourth-order valence-electron chi connectivity index (χ4n) is 10.7. The van der Waals surface area contributed by atoms with Gasteiger partial charge in [0.25, 0.3) is 0 Å². The molecule has 0 spiro atoms. The van der Waals surface area contributed by atoms with Gasteiger partial charge in [-0.15, -0.1) is 0 Å². The summed E-state index contributed by atoms with van der Waals surface area (Å²) in [7, 11) is -65.7. The van der Waals surface area contributed by atoms with Crippen LogP contribution in [-0.2, 0) is 126 Å². The Morgan fingerprint density at radius 3 is 1.12 bits per heavy atom. The second kappa shape index (κ2) is 38.3. The number of aliphatic hydroxyl groups is 2. The van der Waals surface area contributed by atoms with E-state index in [0.717, 1.165) is 6.33 Å². The molecular formula is C40H68N24O46P12. The van der Waals surface area contributed by atoms with E-state index >= 15 is 0 Å². The molecule has 0 amide bonds. The van der Waals surface area contributed by atoms with E-state index in [-0.39, 0.29) is 70.3 Å². The standard InChI is InChI=1S/2C10H17N6O12P3.2C10H17N6O11P3/c11-5-4(1-25-30(21,22)28-31(23,24)27-29(18,19)20)26-10(7(5)17)16-3-15-6-8(12)13-2-14-9(6)16;11-7-6-8(15-10(12)14-7)16(3-13-6)9-5(17)1-4(26-9)2-25-30(21,22)28-31(23,24)27-29(18,19)20;11-5-1-7(16-4-15-8-9(12)13-3-14-10(8)16)25-6(5)2-24-29(20,21)27-30(22,23)26-28(17,18)19;11-8-7-9(15-10(12)14-8)16(4-13-7)6-2-1-5(25-6)3-24-29(20,21)27-30(22,23)26-28(17,18)19/h2-5,7,10,17H,1,11H2,(H,21,22)(H,23,24)(H2,12,13,14)(H2,18,19,20);3-5,9,17H,1-2H2,(H,21,22)(H,23,24)(H2,18,19,20)(H4,11,12,14,15);3-7H,1-2,11H2,(H,20,21)(H,22,23)(H2,12,13,14)(H2,17,18,19);4-6H,1-3H2,(H,20,21)(H,22,23)(H2,17,18,19)(H4,11,12,14,15). The molecule has 0 saturated carbocycles. The molecule has 684 valence electrons. The molecule has 122 heavy (non-hydrogen) atoms. The first-order chi connectivity index (χ1) is 55.9. The van der Waals surface area contributed by atoms with E-state index in [1.165, 1.54) is 49.9 Å². The second-order valence-electron chi connectivity index (χ2n) is 24.2. The highest BCUT2D eigenvalue weighted by atomic mass is 31.3. The number of aliphatic hydroxyl groups excluding tert-OH is 2. The Morgan fingerprint density at radius 2 is 0.705 bits per heavy atom. The van der Waals surface area contributed by atoms with E-state index in [9.17, 15) is 84.6 Å². The van der Waals surface area contributed by atoms with Crippen molar-refractivity contribution in [3.63, 3.8) is 0 Å². The van der Waals surface area contributed by atoms with Gasteiger partial charge in [-0.25, -0.2) is 94.7 Å². The molecule has 12 rings (SSSR count). The predicted molar refractivity (Wildman–Crippen MR) is 389 cm³/mol. The van der Waals surface area contributed by atoms with Gasteiger partial charge in [-0.1, -0.05) is 0 Å². The van der Waals surface area contributed by atoms with Crippen LogP contribution in [-0.4, -0.2) is 242 Å². The zero-order valence-electron chi connectivity index (χ0n) is 59.7. The average molecular weight is 1990 g/mol. The number of nitrogens with zero attached hydrogens (tertiary/aromatic N) is 16. The number of hydrogen-bond acceptors (Lipinski definition) is 50. The maximum absolute atomic E-state index is 11.8. The number of rotatable bonds is 32. The van der Waals surface area contributed by atoms with Crippen molar-refractivity contribution in [1.29, 1.82) is 0 Å². The third-order valence-electron chi connectivity index (χ3n) is 15.2. The lowest BCUT2D eigenvalue weighted by molar-refractivity contribution is -0.0482. The summed E-state index contributed by atoms with van der Waals surface area (Å²) in [4.78, 5) is 190. The number of fused-ring (bicyclic) bond motifs is 4. The first kappa shape index (κ1) is 100. The summed E-state index contributed by atoms with van der Waals surface area (Å²) in [6.45, 7) is -2.76. The number of aromatic nitrogens is 16. The molecule has 70 nitrogen and oxygen atoms in total. The van der Waals surface area contributed by atoms with Gasteiger partial charge >= 0.3 is 93.9 Å². The van der Waals surface area contributed by atoms with Crippen molar-refractivity contribution in [2.75, 3.05) is 60.8 Å². The van der Waals surface area contributed by atoms with Crippen molar-refractivity contribution in [2.45, 2.75) is 99.3 Å². The fraction of sp³-hybridized carbons (Fsp3) is 0.500. The largest absolute Gasteiger partial charge is 0.490 e. The van der Waals surface area contributed by atoms with Crippen LogP contribution < -0.4 is 45.9 Å². The number of hydrogen-bond donors (Lipinski definition) is 26. The first-order valence-corrected chi connectivity index (χ1v) is 49.9. The molecule has 0 aromatic carbocycles. The van der Waals surface area contributed by atoms with Crippen molar-refractivity contribution in [2.24, 2.45) is 11.5 Å². The molecule has 4 aliphatic rings. The molecule has 0 bridgehead atoms. The van der Waals surface area contributed by atoms with Crippen LogP contribution in [0.15, 0.2) is 38.0 Å². The van der Waals surface area contributed by atoms with Crippen molar-refractivity contribution in [1.82, 2.24) is 78.1 Å². The monoisotopic (exact) mass is 1990 g/mol. The number of phosphoric acid groups is 12. The maximum atomic E-state index is 11.8. The van der Waals surface area contributed by atoms with E-state index in [2.05, 4.69) is 112 Å². The predicted octanol–water partition coefficient (Wildman–Crippen LogP) is -3.30. The number of ether oxygens (including phenoxy) is 4. The van der Waals surface area contributed by atoms with Crippen LogP contribution in [0.25, 0.3) is 44.7 Å². The Hall–Kier alpha value is -5.68. The maximum Gasteiger partial charge on any atom is 0.490 e. The molecule has 82 heteroatoms. The second-order valence-corrected chi connectivity index (χ2v) is 41.9. The Bertz CT molecular complexity index is 5750. The van der Waals surface area contributed by atoms with Crippen molar-refractivity contribution >= 4 is 174 Å². The fourth-order valence-corrected chi connectivity index (χ4v) is 22.8. The van der Waals surface area contributed by atoms with Crippen LogP contribution in [0.5, 0.6) is 0 Å². The molecule has 20 atom stereocenters. The van der Waals surface area contributed by atoms with Gasteiger partial charge in [0.1, 0.15) is 65.5 Å². The molecule has 0 aliphatic carbocycles. The quantitative estimate of drug-likeness (QED) is 0.0184. The highest BCUT2D eigenvalue weighted by Gasteiger charge is 2.49. The van der Waals surface area contributed by atoms with E-state index in [1.807, 2.05) is 0 Å². The van der Waals surface area contributed by atoms with Gasteiger partial charge in [-0.2, -0.15) is 54.4 Å². The number of nitrogen functional groups attached to an aromatic ring is 6. The normalized spacial score (nSPS) is 26.3. The van der Waals surface area contributed by atoms with E-state index in [4.69, 9.17) is 124 Å². The molecular weight excluding hydrogens is 1920 g/mol. The molecule has 34 N–H and O–H groups in total. The number of anilines is 6. The summed E-state index contributed by atoms with van der Waals surface area (Å²) in [5, 5.41) is 20.7. The number of imidazole rings is 4. The topological polar surface area (TPSA) is 1100 Å². The van der Waals surface area contributed by atoms with Crippen LogP contribution in [0.4, 0.5) is 35.2 Å². The average Bonchev–Trinajstić information content (AvgIpc) is 1.62. The Kier molecular flexibility index (Phi) is 31.4. The van der Waals surface area contributed by atoms with Crippen LogP contribution in [0, 0.1) is 0 Å². The summed E-state index contributed by atoms with van der Waals surface area (Å²) in [5.74, 6) is 0.0961. The Morgan fingerprint density at radius 1 is 0.352 bits per heavy atom. The summed E-state index contributed by atoms with van der Waals surface area (Å²) in [5.41, 5.74) is 47.9. The minimum Gasteiger partial charge on any atom is -0.388 e. The van der Waals surface area contributed by atoms with Gasteiger partial charge in [0.15, 0.2) is 58.3 Å². The Labute approximate surface area is 673 Å². The molecule has 4 aliphatic heterocycles. The van der Waals surface area contributed by atoms with Gasteiger partial charge in [-0.05, 0) is 12.8 Å². The highest BCUT2D eigenvalue weighted by molar-refractivity contribution is 7.68. The SMILES string of the molecule is Nc1nc(N)c2ncn(C3CCC(COP(=O)(O)OP(=O)(O)OP(=O)(O)O)O3)c2n1.Nc1nc(N)c2ncn(C3OC(COP(=O)(O)OP(=O)(O)OP(=O)(O)O)CC3O)c2n1.Nc1ncnc2c1ncn2C1CC(N)C(COP(=O)(O)OP(=O)(O)OP(=O)(O)O)O1.Nc1ncnc2c1ncn2C1OC(COP(=O)(O)OP(=O)(O)OP(=O)(O)O)C(N)C1O. The smallest absolute Gasteiger partial charge is 0.388 e. The van der Waals surface area contributed by atoms with Crippen LogP contribution >= 0.6 is 93.9 Å². The summed E-state index contributed by atoms with van der Waals surface area (Å²) in [6, 6.07) is -1.87. The molecule has 8 aromatic rings. The van der Waals surface area contributed by atoms with Crippen LogP contribution in [0.3, 0.4) is 0 Å². The van der Waals surface area contributed by atoms with E-state index in [1.54, 1.807) is 0 Å². The molecule has 20 unspecified atom stereocenters. The summed E-state index contributed by atoms with van der Waals surface area (Å²) >= 11 is 0. The zero-order valence-corrected chi connectivity index (χ0v) is 70.4. The first-order valence-electron chi connectivity index (χ1n) is 31.9. The number of phosphoric ester groups is 4. The van der Waals surface area contributed by atoms with Crippen molar-refractivity contribution < 1.29 is 215 Å².